The Balaban J connectivity index is 1.87. The van der Waals surface area contributed by atoms with Crippen molar-refractivity contribution in [1.29, 1.82) is 0 Å². The third-order valence-corrected chi connectivity index (χ3v) is 6.53. The van der Waals surface area contributed by atoms with Crippen LogP contribution < -0.4 is 9.30 Å². The molecule has 5 heteroatoms. The van der Waals surface area contributed by atoms with Crippen LogP contribution in [0.2, 0.25) is 0 Å². The van der Waals surface area contributed by atoms with Crippen LogP contribution in [0, 0.1) is 0 Å². The third-order valence-electron chi connectivity index (χ3n) is 5.35. The molecule has 0 amide bonds. The molecule has 2 heterocycles. The molecule has 4 nitrogen and oxygen atoms in total. The highest BCUT2D eigenvalue weighted by Gasteiger charge is 2.27. The first kappa shape index (κ1) is 17.1. The average Bonchev–Trinajstić information content (AvgIpc) is 2.75. The Morgan fingerprint density at radius 2 is 1.82 bits per heavy atom. The molecule has 0 atom stereocenters. The van der Waals surface area contributed by atoms with E-state index in [2.05, 4.69) is 41.9 Å². The molecule has 0 bridgehead atoms. The Hall–Kier alpha value is -3.05. The maximum Gasteiger partial charge on any atom is 0.337 e. The van der Waals surface area contributed by atoms with E-state index in [0.717, 1.165) is 21.7 Å². The minimum absolute atomic E-state index is 0.318. The van der Waals surface area contributed by atoms with E-state index in [1.165, 1.54) is 33.9 Å². The SMILES string of the molecule is COC(=O)c1ccc2c(c1)Sc1c3ccc(OC)cc3[n+](C)c3cccc-2c13. The highest BCUT2D eigenvalue weighted by Crippen LogP contribution is 2.49. The first-order chi connectivity index (χ1) is 13.6. The van der Waals surface area contributed by atoms with Crippen molar-refractivity contribution in [3.8, 4) is 16.9 Å². The molecule has 0 aliphatic carbocycles. The largest absolute Gasteiger partial charge is 0.497 e. The van der Waals surface area contributed by atoms with Gasteiger partial charge in [-0.05, 0) is 35.4 Å². The van der Waals surface area contributed by atoms with E-state index in [0.29, 0.717) is 5.56 Å². The predicted molar refractivity (Wildman–Crippen MR) is 110 cm³/mol. The van der Waals surface area contributed by atoms with E-state index in [9.17, 15) is 4.79 Å². The Kier molecular flexibility index (Phi) is 3.81. The summed E-state index contributed by atoms with van der Waals surface area (Å²) in [6.45, 7) is 0. The molecule has 0 N–H and O–H groups in total. The lowest BCUT2D eigenvalue weighted by Gasteiger charge is -2.21. The summed E-state index contributed by atoms with van der Waals surface area (Å²) < 4.78 is 12.6. The summed E-state index contributed by atoms with van der Waals surface area (Å²) in [5.41, 5.74) is 5.17. The van der Waals surface area contributed by atoms with Gasteiger partial charge in [-0.2, -0.15) is 4.57 Å². The highest BCUT2D eigenvalue weighted by molar-refractivity contribution is 8.00. The Labute approximate surface area is 166 Å². The summed E-state index contributed by atoms with van der Waals surface area (Å²) in [7, 11) is 5.18. The molecule has 28 heavy (non-hydrogen) atoms. The van der Waals surface area contributed by atoms with Gasteiger partial charge in [0.25, 0.3) is 0 Å². The van der Waals surface area contributed by atoms with Gasteiger partial charge in [0, 0.05) is 15.9 Å². The van der Waals surface area contributed by atoms with Crippen molar-refractivity contribution in [2.45, 2.75) is 9.79 Å². The van der Waals surface area contributed by atoms with Gasteiger partial charge in [-0.15, -0.1) is 0 Å². The summed E-state index contributed by atoms with van der Waals surface area (Å²) in [6.07, 6.45) is 0. The van der Waals surface area contributed by atoms with Gasteiger partial charge in [0.2, 0.25) is 11.0 Å². The van der Waals surface area contributed by atoms with Crippen LogP contribution in [-0.4, -0.2) is 20.2 Å². The summed E-state index contributed by atoms with van der Waals surface area (Å²) >= 11 is 1.71. The molecular weight excluding hydrogens is 370 g/mol. The second kappa shape index (κ2) is 6.24. The van der Waals surface area contributed by atoms with Crippen LogP contribution in [0.5, 0.6) is 5.75 Å². The number of pyridine rings is 1. The molecule has 0 saturated heterocycles. The molecule has 5 rings (SSSR count). The normalized spacial score (nSPS) is 12.1. The van der Waals surface area contributed by atoms with Crippen molar-refractivity contribution in [3.05, 3.63) is 60.2 Å². The van der Waals surface area contributed by atoms with Crippen molar-refractivity contribution in [3.63, 3.8) is 0 Å². The standard InChI is InChI=1S/C23H18NO3S/c1-24-18-6-4-5-16-15-9-7-13(23(25)27-3)11-20(15)28-22(21(16)18)17-10-8-14(26-2)12-19(17)24/h4-12H,1-3H3/q+1. The van der Waals surface area contributed by atoms with E-state index in [4.69, 9.17) is 9.47 Å². The van der Waals surface area contributed by atoms with E-state index >= 15 is 0 Å². The molecule has 0 saturated carbocycles. The molecule has 0 unspecified atom stereocenters. The molecule has 1 aliphatic rings. The lowest BCUT2D eigenvalue weighted by atomic mass is 9.97. The molecule has 0 fully saturated rings. The molecule has 138 valence electrons. The number of hydrogen-bond donors (Lipinski definition) is 0. The fourth-order valence-electron chi connectivity index (χ4n) is 3.95. The predicted octanol–water partition coefficient (Wildman–Crippen LogP) is 4.74. The first-order valence-corrected chi connectivity index (χ1v) is 9.77. The minimum Gasteiger partial charge on any atom is -0.497 e. The van der Waals surface area contributed by atoms with E-state index in [1.807, 2.05) is 24.3 Å². The number of fused-ring (bicyclic) bond motifs is 4. The van der Waals surface area contributed by atoms with Crippen molar-refractivity contribution < 1.29 is 18.8 Å². The molecule has 3 aromatic carbocycles. The van der Waals surface area contributed by atoms with Crippen molar-refractivity contribution >= 4 is 39.5 Å². The van der Waals surface area contributed by atoms with Crippen LogP contribution in [0.3, 0.4) is 0 Å². The maximum absolute atomic E-state index is 12.0. The van der Waals surface area contributed by atoms with Gasteiger partial charge in [-0.3, -0.25) is 0 Å². The number of nitrogens with zero attached hydrogens (tertiary/aromatic N) is 1. The van der Waals surface area contributed by atoms with Crippen molar-refractivity contribution in [1.82, 2.24) is 0 Å². The summed E-state index contributed by atoms with van der Waals surface area (Å²) in [5, 5.41) is 2.41. The second-order valence-corrected chi connectivity index (χ2v) is 7.83. The smallest absolute Gasteiger partial charge is 0.337 e. The maximum atomic E-state index is 12.0. The number of rotatable bonds is 2. The van der Waals surface area contributed by atoms with Crippen LogP contribution in [0.1, 0.15) is 10.4 Å². The highest BCUT2D eigenvalue weighted by atomic mass is 32.2. The number of ether oxygens (including phenoxy) is 2. The van der Waals surface area contributed by atoms with E-state index in [1.54, 1.807) is 18.9 Å². The van der Waals surface area contributed by atoms with Gasteiger partial charge in [0.15, 0.2) is 0 Å². The molecular formula is C23H18NO3S+. The van der Waals surface area contributed by atoms with Crippen molar-refractivity contribution in [2.24, 2.45) is 7.05 Å². The fourth-order valence-corrected chi connectivity index (χ4v) is 5.24. The van der Waals surface area contributed by atoms with Crippen LogP contribution in [0.4, 0.5) is 0 Å². The lowest BCUT2D eigenvalue weighted by Crippen LogP contribution is -2.30. The Morgan fingerprint density at radius 3 is 2.61 bits per heavy atom. The zero-order chi connectivity index (χ0) is 19.4. The topological polar surface area (TPSA) is 39.4 Å². The Morgan fingerprint density at radius 1 is 0.964 bits per heavy atom. The van der Waals surface area contributed by atoms with Gasteiger partial charge in [0.05, 0.1) is 36.6 Å². The van der Waals surface area contributed by atoms with Gasteiger partial charge < -0.3 is 9.47 Å². The number of carbonyl (C=O) groups excluding carboxylic acids is 1. The van der Waals surface area contributed by atoms with Crippen LogP contribution in [-0.2, 0) is 11.8 Å². The van der Waals surface area contributed by atoms with Crippen LogP contribution in [0.25, 0.3) is 32.9 Å². The third kappa shape index (κ3) is 2.33. The monoisotopic (exact) mass is 388 g/mol. The Bertz CT molecular complexity index is 1300. The molecule has 0 radical (unpaired) electrons. The zero-order valence-corrected chi connectivity index (χ0v) is 16.6. The second-order valence-electron chi connectivity index (χ2n) is 6.78. The van der Waals surface area contributed by atoms with Gasteiger partial charge in [-0.25, -0.2) is 4.79 Å². The quantitative estimate of drug-likeness (QED) is 0.249. The molecule has 1 aliphatic heterocycles. The summed E-state index contributed by atoms with van der Waals surface area (Å²) in [6, 6.07) is 18.3. The summed E-state index contributed by atoms with van der Waals surface area (Å²) in [5.74, 6) is 0.515. The molecule has 4 aromatic rings. The molecule has 0 spiro atoms. The number of aryl methyl sites for hydroxylation is 1. The number of methoxy groups -OCH3 is 2. The van der Waals surface area contributed by atoms with Gasteiger partial charge in [0.1, 0.15) is 12.8 Å². The number of aromatic nitrogens is 1. The zero-order valence-electron chi connectivity index (χ0n) is 15.8. The summed E-state index contributed by atoms with van der Waals surface area (Å²) in [4.78, 5) is 14.3. The number of carbonyl (C=O) groups is 1. The average molecular weight is 388 g/mol. The van der Waals surface area contributed by atoms with Crippen molar-refractivity contribution in [2.75, 3.05) is 14.2 Å². The first-order valence-electron chi connectivity index (χ1n) is 8.95. The lowest BCUT2D eigenvalue weighted by molar-refractivity contribution is -0.617. The van der Waals surface area contributed by atoms with Gasteiger partial charge in [-0.1, -0.05) is 30.0 Å². The van der Waals surface area contributed by atoms with Gasteiger partial charge >= 0.3 is 5.97 Å². The van der Waals surface area contributed by atoms with E-state index in [-0.39, 0.29) is 5.97 Å². The molecule has 1 aromatic heterocycles. The van der Waals surface area contributed by atoms with Crippen LogP contribution >= 0.6 is 11.8 Å². The number of benzene rings is 3. The van der Waals surface area contributed by atoms with E-state index < -0.39 is 0 Å². The fraction of sp³-hybridized carbons (Fsp3) is 0.130. The minimum atomic E-state index is -0.318. The van der Waals surface area contributed by atoms with Crippen LogP contribution in [0.15, 0.2) is 64.4 Å². The number of esters is 1. The number of hydrogen-bond acceptors (Lipinski definition) is 4.